The molecule has 1 rings (SSSR count). The molecule has 0 fully saturated rings. The largest absolute Gasteiger partial charge is 0.297 e. The summed E-state index contributed by atoms with van der Waals surface area (Å²) in [4.78, 5) is 3.82. The predicted molar refractivity (Wildman–Crippen MR) is 31.8 cm³/mol. The highest BCUT2D eigenvalue weighted by Crippen LogP contribution is 2.16. The van der Waals surface area contributed by atoms with Gasteiger partial charge in [-0.1, -0.05) is 0 Å². The van der Waals surface area contributed by atoms with Crippen molar-refractivity contribution in [3.63, 3.8) is 0 Å². The summed E-state index contributed by atoms with van der Waals surface area (Å²) in [5.74, 6) is 0. The van der Waals surface area contributed by atoms with Gasteiger partial charge in [-0.25, -0.2) is 0 Å². The molecule has 0 aromatic rings. The second-order valence-corrected chi connectivity index (χ2v) is 1.91. The third kappa shape index (κ3) is 1.59. The molecule has 1 nitrogen and oxygen atoms in total. The lowest BCUT2D eigenvalue weighted by Gasteiger charge is -2.04. The highest BCUT2D eigenvalue weighted by atomic mass is 19.3. The smallest absolute Gasteiger partial charge is 0.269 e. The van der Waals surface area contributed by atoms with Crippen molar-refractivity contribution >= 4 is 6.21 Å². The standard InChI is InChI=1S/C6H7F2N/c7-6(8)5-1-3-9-4-2-5/h3H,1-2,4H2. The Morgan fingerprint density at radius 3 is 2.67 bits per heavy atom. The highest BCUT2D eigenvalue weighted by molar-refractivity contribution is 5.62. The predicted octanol–water partition coefficient (Wildman–Crippen LogP) is 2.00. The van der Waals surface area contributed by atoms with Crippen molar-refractivity contribution in [3.8, 4) is 0 Å². The third-order valence-electron chi connectivity index (χ3n) is 1.28. The maximum atomic E-state index is 11.7. The number of hydrogen-bond acceptors (Lipinski definition) is 1. The van der Waals surface area contributed by atoms with Gasteiger partial charge in [-0.3, -0.25) is 4.99 Å². The molecule has 9 heavy (non-hydrogen) atoms. The van der Waals surface area contributed by atoms with Crippen molar-refractivity contribution in [3.05, 3.63) is 11.7 Å². The molecule has 0 saturated heterocycles. The molecule has 0 saturated carbocycles. The van der Waals surface area contributed by atoms with E-state index in [1.165, 1.54) is 6.21 Å². The van der Waals surface area contributed by atoms with E-state index in [0.29, 0.717) is 19.4 Å². The normalized spacial score (nSPS) is 18.2. The van der Waals surface area contributed by atoms with Gasteiger partial charge in [0.1, 0.15) is 0 Å². The van der Waals surface area contributed by atoms with Gasteiger partial charge >= 0.3 is 0 Å². The molecule has 0 unspecified atom stereocenters. The zero-order chi connectivity index (χ0) is 6.69. The maximum absolute atomic E-state index is 11.7. The summed E-state index contributed by atoms with van der Waals surface area (Å²) in [6, 6.07) is 0. The Kier molecular flexibility index (Phi) is 1.92. The van der Waals surface area contributed by atoms with Crippen molar-refractivity contribution in [2.45, 2.75) is 12.8 Å². The monoisotopic (exact) mass is 131 g/mol. The second kappa shape index (κ2) is 2.71. The SMILES string of the molecule is FC(F)=C1CC=NCC1. The number of nitrogens with zero attached hydrogens (tertiary/aromatic N) is 1. The maximum Gasteiger partial charge on any atom is 0.269 e. The fourth-order valence-corrected chi connectivity index (χ4v) is 0.739. The van der Waals surface area contributed by atoms with Crippen molar-refractivity contribution < 1.29 is 8.78 Å². The zero-order valence-corrected chi connectivity index (χ0v) is 4.90. The first-order chi connectivity index (χ1) is 4.30. The van der Waals surface area contributed by atoms with Gasteiger partial charge in [-0.15, -0.1) is 0 Å². The summed E-state index contributed by atoms with van der Waals surface area (Å²) in [5.41, 5.74) is 0.241. The summed E-state index contributed by atoms with van der Waals surface area (Å²) >= 11 is 0. The Bertz CT molecular complexity index is 156. The van der Waals surface area contributed by atoms with E-state index in [1.807, 2.05) is 0 Å². The van der Waals surface area contributed by atoms with Crippen LogP contribution < -0.4 is 0 Å². The van der Waals surface area contributed by atoms with Crippen LogP contribution >= 0.6 is 0 Å². The second-order valence-electron chi connectivity index (χ2n) is 1.91. The summed E-state index contributed by atoms with van der Waals surface area (Å²) < 4.78 is 23.5. The molecular weight excluding hydrogens is 124 g/mol. The molecular formula is C6H7F2N. The summed E-state index contributed by atoms with van der Waals surface area (Å²) in [6.07, 6.45) is 0.778. The van der Waals surface area contributed by atoms with Crippen LogP contribution in [0.3, 0.4) is 0 Å². The molecule has 3 heteroatoms. The minimum Gasteiger partial charge on any atom is -0.297 e. The summed E-state index contributed by atoms with van der Waals surface area (Å²) in [7, 11) is 0. The van der Waals surface area contributed by atoms with E-state index in [4.69, 9.17) is 0 Å². The molecule has 0 spiro atoms. The molecule has 1 heterocycles. The van der Waals surface area contributed by atoms with E-state index in [9.17, 15) is 8.78 Å². The van der Waals surface area contributed by atoms with E-state index in [2.05, 4.69) is 4.99 Å². The third-order valence-corrected chi connectivity index (χ3v) is 1.28. The average molecular weight is 131 g/mol. The quantitative estimate of drug-likeness (QED) is 0.476. The van der Waals surface area contributed by atoms with Crippen molar-refractivity contribution in [1.29, 1.82) is 0 Å². The van der Waals surface area contributed by atoms with Gasteiger partial charge in [-0.2, -0.15) is 8.78 Å². The van der Waals surface area contributed by atoms with Crippen LogP contribution in [0, 0.1) is 0 Å². The molecule has 0 N–H and O–H groups in total. The molecule has 0 aromatic carbocycles. The molecule has 0 aromatic heterocycles. The highest BCUT2D eigenvalue weighted by Gasteiger charge is 2.06. The van der Waals surface area contributed by atoms with Crippen molar-refractivity contribution in [2.24, 2.45) is 4.99 Å². The minimum atomic E-state index is -1.53. The molecule has 0 aliphatic carbocycles. The lowest BCUT2D eigenvalue weighted by molar-refractivity contribution is 0.406. The molecule has 1 aliphatic heterocycles. The Balaban J connectivity index is 2.64. The minimum absolute atomic E-state index is 0.241. The zero-order valence-electron chi connectivity index (χ0n) is 4.90. The first-order valence-electron chi connectivity index (χ1n) is 2.82. The van der Waals surface area contributed by atoms with Crippen LogP contribution in [0.1, 0.15) is 12.8 Å². The number of halogens is 2. The van der Waals surface area contributed by atoms with Crippen molar-refractivity contribution in [1.82, 2.24) is 0 Å². The van der Waals surface area contributed by atoms with E-state index < -0.39 is 6.08 Å². The fourth-order valence-electron chi connectivity index (χ4n) is 0.739. The first kappa shape index (κ1) is 6.39. The number of aliphatic imine (C=N–C) groups is 1. The average Bonchev–Trinajstić information content (AvgIpc) is 1.90. The Morgan fingerprint density at radius 2 is 2.33 bits per heavy atom. The fraction of sp³-hybridized carbons (Fsp3) is 0.500. The Morgan fingerprint density at radius 1 is 1.56 bits per heavy atom. The van der Waals surface area contributed by atoms with Crippen LogP contribution in [-0.2, 0) is 0 Å². The van der Waals surface area contributed by atoms with E-state index in [1.54, 1.807) is 0 Å². The number of rotatable bonds is 0. The summed E-state index contributed by atoms with van der Waals surface area (Å²) in [5, 5.41) is 0. The van der Waals surface area contributed by atoms with Gasteiger partial charge in [-0.05, 0) is 6.42 Å². The van der Waals surface area contributed by atoms with Crippen molar-refractivity contribution in [2.75, 3.05) is 6.54 Å². The lowest BCUT2D eigenvalue weighted by atomic mass is 10.1. The number of hydrogen-bond donors (Lipinski definition) is 0. The van der Waals surface area contributed by atoms with Crippen LogP contribution in [0.2, 0.25) is 0 Å². The van der Waals surface area contributed by atoms with Gasteiger partial charge < -0.3 is 0 Å². The van der Waals surface area contributed by atoms with E-state index >= 15 is 0 Å². The first-order valence-corrected chi connectivity index (χ1v) is 2.82. The molecule has 0 radical (unpaired) electrons. The lowest BCUT2D eigenvalue weighted by Crippen LogP contribution is -1.97. The van der Waals surface area contributed by atoms with Gasteiger partial charge in [0.05, 0.1) is 0 Å². The topological polar surface area (TPSA) is 12.4 Å². The van der Waals surface area contributed by atoms with E-state index in [-0.39, 0.29) is 5.57 Å². The van der Waals surface area contributed by atoms with Gasteiger partial charge in [0.2, 0.25) is 0 Å². The Labute approximate surface area is 52.1 Å². The molecule has 0 amide bonds. The van der Waals surface area contributed by atoms with Crippen LogP contribution in [-0.4, -0.2) is 12.8 Å². The molecule has 50 valence electrons. The van der Waals surface area contributed by atoms with Gasteiger partial charge in [0.15, 0.2) is 0 Å². The molecule has 0 bridgehead atoms. The van der Waals surface area contributed by atoms with Crippen LogP contribution in [0.4, 0.5) is 8.78 Å². The molecule has 0 atom stereocenters. The van der Waals surface area contributed by atoms with Crippen LogP contribution in [0.5, 0.6) is 0 Å². The summed E-state index contributed by atoms with van der Waals surface area (Å²) in [6.45, 7) is 0.521. The Hall–Kier alpha value is -0.730. The van der Waals surface area contributed by atoms with E-state index in [0.717, 1.165) is 0 Å². The van der Waals surface area contributed by atoms with Crippen LogP contribution in [0.25, 0.3) is 0 Å². The van der Waals surface area contributed by atoms with Gasteiger partial charge in [0, 0.05) is 24.8 Å². The van der Waals surface area contributed by atoms with Gasteiger partial charge in [0.25, 0.3) is 6.08 Å². The van der Waals surface area contributed by atoms with Crippen LogP contribution in [0.15, 0.2) is 16.6 Å². The molecule has 1 aliphatic rings.